The molecule has 0 spiro atoms. The summed E-state index contributed by atoms with van der Waals surface area (Å²) in [6.07, 6.45) is 0.348. The summed E-state index contributed by atoms with van der Waals surface area (Å²) in [6.45, 7) is 2.51. The number of anilines is 2. The van der Waals surface area contributed by atoms with E-state index in [9.17, 15) is 18.4 Å². The fraction of sp³-hybridized carbons (Fsp3) is 0.167. The number of rotatable bonds is 6. The van der Waals surface area contributed by atoms with Gasteiger partial charge in [-0.15, -0.1) is 0 Å². The zero-order chi connectivity index (χ0) is 22.0. The third-order valence-corrected chi connectivity index (χ3v) is 5.13. The van der Waals surface area contributed by atoms with Crippen LogP contribution in [0.2, 0.25) is 0 Å². The van der Waals surface area contributed by atoms with E-state index in [2.05, 4.69) is 10.6 Å². The first-order chi connectivity index (χ1) is 15.0. The van der Waals surface area contributed by atoms with Crippen LogP contribution in [0.15, 0.2) is 66.7 Å². The minimum atomic E-state index is -0.415. The summed E-state index contributed by atoms with van der Waals surface area (Å²) in [5.74, 6) is -1.29. The number of hydrogen-bond acceptors (Lipinski definition) is 3. The zero-order valence-electron chi connectivity index (χ0n) is 16.9. The van der Waals surface area contributed by atoms with Crippen molar-refractivity contribution in [1.29, 1.82) is 0 Å². The first kappa shape index (κ1) is 20.5. The topological polar surface area (TPSA) is 61.4 Å². The molecule has 1 atom stereocenters. The number of fused-ring (bicyclic) bond motifs is 1. The van der Waals surface area contributed by atoms with Crippen LogP contribution >= 0.6 is 0 Å². The lowest BCUT2D eigenvalue weighted by atomic mass is 10.0. The fourth-order valence-electron chi connectivity index (χ4n) is 3.63. The van der Waals surface area contributed by atoms with Crippen molar-refractivity contribution in [3.8, 4) is 0 Å². The quantitative estimate of drug-likeness (QED) is 0.576. The van der Waals surface area contributed by atoms with Gasteiger partial charge >= 0.3 is 0 Å². The highest BCUT2D eigenvalue weighted by Crippen LogP contribution is 2.35. The van der Waals surface area contributed by atoms with Crippen LogP contribution in [0.3, 0.4) is 0 Å². The first-order valence-corrected chi connectivity index (χ1v) is 10.00. The molecule has 0 fully saturated rings. The maximum atomic E-state index is 13.2. The highest BCUT2D eigenvalue weighted by Gasteiger charge is 2.36. The molecule has 31 heavy (non-hydrogen) atoms. The number of carbonyl (C=O) groups is 2. The van der Waals surface area contributed by atoms with Gasteiger partial charge in [0.05, 0.1) is 0 Å². The Kier molecular flexibility index (Phi) is 5.66. The van der Waals surface area contributed by atoms with Crippen molar-refractivity contribution < 1.29 is 18.4 Å². The van der Waals surface area contributed by atoms with Gasteiger partial charge in [-0.25, -0.2) is 8.78 Å². The summed E-state index contributed by atoms with van der Waals surface area (Å²) in [5, 5.41) is 5.99. The average Bonchev–Trinajstić information content (AvgIpc) is 3.02. The molecule has 5 nitrogen and oxygen atoms in total. The summed E-state index contributed by atoms with van der Waals surface area (Å²) < 4.78 is 26.3. The zero-order valence-corrected chi connectivity index (χ0v) is 16.9. The lowest BCUT2D eigenvalue weighted by molar-refractivity contribution is 0.0743. The molecule has 0 unspecified atom stereocenters. The Bertz CT molecular complexity index is 1110. The lowest BCUT2D eigenvalue weighted by Gasteiger charge is -2.26. The van der Waals surface area contributed by atoms with Crippen LogP contribution in [0, 0.1) is 11.6 Å². The molecule has 158 valence electrons. The lowest BCUT2D eigenvalue weighted by Crippen LogP contribution is -2.32. The first-order valence-electron chi connectivity index (χ1n) is 10.00. The molecule has 2 amide bonds. The molecule has 0 radical (unpaired) electrons. The highest BCUT2D eigenvalue weighted by atomic mass is 19.1. The number of nitrogens with one attached hydrogen (secondary N) is 2. The molecule has 3 aromatic rings. The molecule has 1 aliphatic rings. The molecule has 0 bridgehead atoms. The van der Waals surface area contributed by atoms with E-state index in [1.165, 1.54) is 36.4 Å². The predicted molar refractivity (Wildman–Crippen MR) is 115 cm³/mol. The van der Waals surface area contributed by atoms with Gasteiger partial charge in [0.1, 0.15) is 17.8 Å². The van der Waals surface area contributed by atoms with Crippen LogP contribution < -0.4 is 10.6 Å². The van der Waals surface area contributed by atoms with Gasteiger partial charge in [0.15, 0.2) is 0 Å². The highest BCUT2D eigenvalue weighted by molar-refractivity contribution is 6.07. The molecule has 0 aromatic heterocycles. The largest absolute Gasteiger partial charge is 0.361 e. The van der Waals surface area contributed by atoms with Gasteiger partial charge in [-0.2, -0.15) is 0 Å². The number of benzene rings is 3. The third-order valence-electron chi connectivity index (χ3n) is 5.13. The molecular formula is C24H21F2N3O2. The minimum absolute atomic E-state index is 0.173. The van der Waals surface area contributed by atoms with E-state index in [-0.39, 0.29) is 17.6 Å². The Morgan fingerprint density at radius 1 is 0.935 bits per heavy atom. The van der Waals surface area contributed by atoms with Crippen molar-refractivity contribution in [3.05, 3.63) is 95.1 Å². The van der Waals surface area contributed by atoms with Crippen LogP contribution in [-0.2, 0) is 0 Å². The summed E-state index contributed by atoms with van der Waals surface area (Å²) in [5.41, 5.74) is 2.67. The number of halogens is 2. The van der Waals surface area contributed by atoms with E-state index in [1.807, 2.05) is 6.92 Å². The van der Waals surface area contributed by atoms with Crippen LogP contribution in [0.25, 0.3) is 0 Å². The second-order valence-corrected chi connectivity index (χ2v) is 7.32. The molecule has 7 heteroatoms. The van der Waals surface area contributed by atoms with Crippen molar-refractivity contribution >= 4 is 23.2 Å². The van der Waals surface area contributed by atoms with Crippen LogP contribution in [0.5, 0.6) is 0 Å². The second-order valence-electron chi connectivity index (χ2n) is 7.32. The van der Waals surface area contributed by atoms with Gasteiger partial charge in [-0.3, -0.25) is 9.59 Å². The van der Waals surface area contributed by atoms with Gasteiger partial charge in [0.2, 0.25) is 0 Å². The number of amides is 2. The number of nitrogens with zero attached hydrogens (tertiary/aromatic N) is 1. The smallest absolute Gasteiger partial charge is 0.256 e. The summed E-state index contributed by atoms with van der Waals surface area (Å²) in [6, 6.07) is 16.4. The predicted octanol–water partition coefficient (Wildman–Crippen LogP) is 5.19. The summed E-state index contributed by atoms with van der Waals surface area (Å²) >= 11 is 0. The molecule has 1 heterocycles. The maximum Gasteiger partial charge on any atom is 0.256 e. The van der Waals surface area contributed by atoms with Crippen molar-refractivity contribution in [3.63, 3.8) is 0 Å². The number of carbonyl (C=O) groups excluding carboxylic acids is 2. The minimum Gasteiger partial charge on any atom is -0.361 e. The standard InChI is InChI=1S/C24H21F2N3O2/c1-2-13-29-22(27-18-8-4-16(25)5-9-18)20-12-3-15(14-21(20)24(29)31)23(30)28-19-10-6-17(26)7-11-19/h3-12,14,22,27H,2,13H2,1H3,(H,28,30)/t22-/m1/s1. The Hall–Kier alpha value is -3.74. The molecule has 2 N–H and O–H groups in total. The van der Waals surface area contributed by atoms with Gasteiger partial charge in [-0.1, -0.05) is 13.0 Å². The normalized spacial score (nSPS) is 15.0. The SMILES string of the molecule is CCCN1C(=O)c2cc(C(=O)Nc3ccc(F)cc3)ccc2[C@@H]1Nc1ccc(F)cc1. The van der Waals surface area contributed by atoms with Gasteiger partial charge < -0.3 is 15.5 Å². The van der Waals surface area contributed by atoms with Gasteiger partial charge in [-0.05, 0) is 67.1 Å². The molecule has 1 aliphatic heterocycles. The molecule has 0 saturated heterocycles. The fourth-order valence-corrected chi connectivity index (χ4v) is 3.63. The van der Waals surface area contributed by atoms with E-state index in [1.54, 1.807) is 35.2 Å². The van der Waals surface area contributed by atoms with E-state index >= 15 is 0 Å². The molecule has 4 rings (SSSR count). The Labute approximate surface area is 178 Å². The molecule has 0 aliphatic carbocycles. The van der Waals surface area contributed by atoms with Crippen LogP contribution in [0.1, 0.15) is 45.8 Å². The van der Waals surface area contributed by atoms with E-state index in [0.717, 1.165) is 12.0 Å². The van der Waals surface area contributed by atoms with Crippen molar-refractivity contribution in [2.75, 3.05) is 17.2 Å². The third kappa shape index (κ3) is 4.26. The van der Waals surface area contributed by atoms with E-state index < -0.39 is 12.0 Å². The van der Waals surface area contributed by atoms with Crippen LogP contribution in [-0.4, -0.2) is 23.3 Å². The molecule has 0 saturated carbocycles. The molecular weight excluding hydrogens is 400 g/mol. The molecule has 3 aromatic carbocycles. The van der Waals surface area contributed by atoms with Gasteiger partial charge in [0.25, 0.3) is 11.8 Å². The van der Waals surface area contributed by atoms with Crippen molar-refractivity contribution in [2.24, 2.45) is 0 Å². The second kappa shape index (κ2) is 8.55. The summed E-state index contributed by atoms with van der Waals surface area (Å²) in [4.78, 5) is 27.4. The maximum absolute atomic E-state index is 13.2. The average molecular weight is 421 g/mol. The summed E-state index contributed by atoms with van der Waals surface area (Å²) in [7, 11) is 0. The van der Waals surface area contributed by atoms with Crippen molar-refractivity contribution in [1.82, 2.24) is 4.90 Å². The van der Waals surface area contributed by atoms with E-state index in [0.29, 0.717) is 29.0 Å². The van der Waals surface area contributed by atoms with Crippen molar-refractivity contribution in [2.45, 2.75) is 19.5 Å². The monoisotopic (exact) mass is 421 g/mol. The van der Waals surface area contributed by atoms with E-state index in [4.69, 9.17) is 0 Å². The number of hydrogen-bond donors (Lipinski definition) is 2. The Morgan fingerprint density at radius 2 is 1.55 bits per heavy atom. The Morgan fingerprint density at radius 3 is 2.16 bits per heavy atom. The van der Waals surface area contributed by atoms with Crippen LogP contribution in [0.4, 0.5) is 20.2 Å². The van der Waals surface area contributed by atoms with Gasteiger partial charge in [0, 0.05) is 34.6 Å². The Balaban J connectivity index is 1.61.